The molecule has 4 nitrogen and oxygen atoms in total. The molecule has 0 spiro atoms. The Morgan fingerprint density at radius 2 is 1.93 bits per heavy atom. The van der Waals surface area contributed by atoms with Crippen LogP contribution in [-0.4, -0.2) is 21.7 Å². The summed E-state index contributed by atoms with van der Waals surface area (Å²) in [6.45, 7) is 6.95. The van der Waals surface area contributed by atoms with E-state index in [0.717, 1.165) is 30.9 Å². The zero-order valence-electron chi connectivity index (χ0n) is 9.30. The maximum Gasteiger partial charge on any atom is 0.158 e. The average molecular weight is 196 g/mol. The molecule has 0 radical (unpaired) electrons. The van der Waals surface area contributed by atoms with Gasteiger partial charge >= 0.3 is 0 Å². The van der Waals surface area contributed by atoms with Gasteiger partial charge in [0.15, 0.2) is 5.82 Å². The first-order valence-corrected chi connectivity index (χ1v) is 5.34. The maximum atomic E-state index is 5.82. The van der Waals surface area contributed by atoms with E-state index in [4.69, 9.17) is 5.73 Å². The molecule has 0 aliphatic rings. The van der Waals surface area contributed by atoms with E-state index in [1.165, 1.54) is 0 Å². The first-order valence-electron chi connectivity index (χ1n) is 5.34. The number of nitrogens with zero attached hydrogens (tertiary/aromatic N) is 2. The van der Waals surface area contributed by atoms with Crippen LogP contribution in [0.1, 0.15) is 45.3 Å². The molecule has 0 saturated carbocycles. The lowest BCUT2D eigenvalue weighted by atomic mass is 9.82. The fourth-order valence-corrected chi connectivity index (χ4v) is 1.64. The summed E-state index contributed by atoms with van der Waals surface area (Å²) in [5, 5.41) is 7.20. The maximum absolute atomic E-state index is 5.82. The SMILES string of the molecule is CCc1nc(C(CC)(CC)CN)n[nH]1. The van der Waals surface area contributed by atoms with Crippen molar-refractivity contribution in [2.24, 2.45) is 5.73 Å². The van der Waals surface area contributed by atoms with Crippen LogP contribution in [0.3, 0.4) is 0 Å². The predicted octanol–water partition coefficient (Wildman–Crippen LogP) is 1.38. The highest BCUT2D eigenvalue weighted by molar-refractivity contribution is 5.08. The zero-order chi connectivity index (χ0) is 10.6. The first kappa shape index (κ1) is 11.2. The molecular formula is C10H20N4. The molecule has 0 aliphatic heterocycles. The zero-order valence-corrected chi connectivity index (χ0v) is 9.30. The Balaban J connectivity index is 2.98. The minimum absolute atomic E-state index is 0.0378. The topological polar surface area (TPSA) is 67.6 Å². The monoisotopic (exact) mass is 196 g/mol. The Labute approximate surface area is 85.3 Å². The van der Waals surface area contributed by atoms with Crippen molar-refractivity contribution in [3.05, 3.63) is 11.6 Å². The van der Waals surface area contributed by atoms with Crippen LogP contribution in [0.5, 0.6) is 0 Å². The highest BCUT2D eigenvalue weighted by Crippen LogP contribution is 2.27. The average Bonchev–Trinajstić information content (AvgIpc) is 2.71. The van der Waals surface area contributed by atoms with E-state index in [9.17, 15) is 0 Å². The molecule has 80 valence electrons. The summed E-state index contributed by atoms with van der Waals surface area (Å²) in [5.74, 6) is 1.82. The Kier molecular flexibility index (Phi) is 3.63. The van der Waals surface area contributed by atoms with Gasteiger partial charge in [-0.1, -0.05) is 20.8 Å². The van der Waals surface area contributed by atoms with E-state index < -0.39 is 0 Å². The first-order chi connectivity index (χ1) is 6.72. The Morgan fingerprint density at radius 1 is 1.29 bits per heavy atom. The second-order valence-electron chi connectivity index (χ2n) is 3.65. The second kappa shape index (κ2) is 4.55. The molecule has 0 aliphatic carbocycles. The van der Waals surface area contributed by atoms with Gasteiger partial charge in [0, 0.05) is 18.4 Å². The summed E-state index contributed by atoms with van der Waals surface area (Å²) in [4.78, 5) is 4.47. The predicted molar refractivity (Wildman–Crippen MR) is 57.1 cm³/mol. The summed E-state index contributed by atoms with van der Waals surface area (Å²) in [6.07, 6.45) is 2.86. The van der Waals surface area contributed by atoms with Crippen LogP contribution >= 0.6 is 0 Å². The van der Waals surface area contributed by atoms with Gasteiger partial charge in [0.2, 0.25) is 0 Å². The van der Waals surface area contributed by atoms with Gasteiger partial charge in [0.1, 0.15) is 5.82 Å². The second-order valence-corrected chi connectivity index (χ2v) is 3.65. The molecule has 1 aromatic rings. The van der Waals surface area contributed by atoms with Crippen molar-refractivity contribution >= 4 is 0 Å². The third-order valence-corrected chi connectivity index (χ3v) is 3.09. The number of H-pyrrole nitrogens is 1. The molecule has 1 aromatic heterocycles. The molecule has 1 heterocycles. The van der Waals surface area contributed by atoms with Gasteiger partial charge in [-0.3, -0.25) is 5.10 Å². The molecule has 0 aromatic carbocycles. The lowest BCUT2D eigenvalue weighted by molar-refractivity contribution is 0.383. The number of aromatic nitrogens is 3. The highest BCUT2D eigenvalue weighted by atomic mass is 15.2. The number of nitrogens with one attached hydrogen (secondary N) is 1. The van der Waals surface area contributed by atoms with Crippen molar-refractivity contribution < 1.29 is 0 Å². The van der Waals surface area contributed by atoms with Crippen molar-refractivity contribution in [1.29, 1.82) is 0 Å². The molecule has 0 saturated heterocycles. The minimum Gasteiger partial charge on any atom is -0.329 e. The number of nitrogens with two attached hydrogens (primary N) is 1. The van der Waals surface area contributed by atoms with E-state index in [0.29, 0.717) is 6.54 Å². The van der Waals surface area contributed by atoms with Crippen LogP contribution in [0.15, 0.2) is 0 Å². The van der Waals surface area contributed by atoms with Crippen LogP contribution in [-0.2, 0) is 11.8 Å². The van der Waals surface area contributed by atoms with Crippen molar-refractivity contribution in [3.8, 4) is 0 Å². The summed E-state index contributed by atoms with van der Waals surface area (Å²) >= 11 is 0. The molecule has 0 bridgehead atoms. The van der Waals surface area contributed by atoms with E-state index in [-0.39, 0.29) is 5.41 Å². The number of hydrogen-bond acceptors (Lipinski definition) is 3. The number of rotatable bonds is 5. The van der Waals surface area contributed by atoms with Crippen LogP contribution < -0.4 is 5.73 Å². The lowest BCUT2D eigenvalue weighted by Crippen LogP contribution is -2.35. The molecule has 0 amide bonds. The van der Waals surface area contributed by atoms with Crippen molar-refractivity contribution in [1.82, 2.24) is 15.2 Å². The fourth-order valence-electron chi connectivity index (χ4n) is 1.64. The van der Waals surface area contributed by atoms with Crippen LogP contribution in [0.25, 0.3) is 0 Å². The van der Waals surface area contributed by atoms with Gasteiger partial charge in [0.05, 0.1) is 0 Å². The van der Waals surface area contributed by atoms with Crippen LogP contribution in [0.4, 0.5) is 0 Å². The Morgan fingerprint density at radius 3 is 2.29 bits per heavy atom. The summed E-state index contributed by atoms with van der Waals surface area (Å²) < 4.78 is 0. The molecule has 14 heavy (non-hydrogen) atoms. The normalized spacial score (nSPS) is 12.0. The third-order valence-electron chi connectivity index (χ3n) is 3.09. The van der Waals surface area contributed by atoms with Gasteiger partial charge in [-0.2, -0.15) is 5.10 Å². The molecule has 0 fully saturated rings. The molecule has 4 heteroatoms. The van der Waals surface area contributed by atoms with E-state index in [1.54, 1.807) is 0 Å². The fraction of sp³-hybridized carbons (Fsp3) is 0.800. The number of hydrogen-bond donors (Lipinski definition) is 2. The van der Waals surface area contributed by atoms with E-state index in [2.05, 4.69) is 36.0 Å². The van der Waals surface area contributed by atoms with Gasteiger partial charge in [-0.05, 0) is 12.8 Å². The standard InChI is InChI=1S/C10H20N4/c1-4-8-12-9(14-13-8)10(5-2,6-3)7-11/h4-7,11H2,1-3H3,(H,12,13,14). The smallest absolute Gasteiger partial charge is 0.158 e. The highest BCUT2D eigenvalue weighted by Gasteiger charge is 2.30. The van der Waals surface area contributed by atoms with Crippen molar-refractivity contribution in [2.45, 2.75) is 45.4 Å². The molecule has 0 unspecified atom stereocenters. The van der Waals surface area contributed by atoms with Crippen molar-refractivity contribution in [3.63, 3.8) is 0 Å². The van der Waals surface area contributed by atoms with Crippen molar-refractivity contribution in [2.75, 3.05) is 6.54 Å². The summed E-state index contributed by atoms with van der Waals surface area (Å²) in [7, 11) is 0. The third kappa shape index (κ3) is 1.80. The van der Waals surface area contributed by atoms with E-state index in [1.807, 2.05) is 0 Å². The van der Waals surface area contributed by atoms with E-state index >= 15 is 0 Å². The molecule has 1 rings (SSSR count). The summed E-state index contributed by atoms with van der Waals surface area (Å²) in [5.41, 5.74) is 5.78. The summed E-state index contributed by atoms with van der Waals surface area (Å²) in [6, 6.07) is 0. The lowest BCUT2D eigenvalue weighted by Gasteiger charge is -2.26. The Hall–Kier alpha value is -0.900. The largest absolute Gasteiger partial charge is 0.329 e. The van der Waals surface area contributed by atoms with Gasteiger partial charge in [0.25, 0.3) is 0 Å². The quantitative estimate of drug-likeness (QED) is 0.747. The van der Waals surface area contributed by atoms with Crippen LogP contribution in [0.2, 0.25) is 0 Å². The van der Waals surface area contributed by atoms with Gasteiger partial charge < -0.3 is 5.73 Å². The molecule has 0 atom stereocenters. The minimum atomic E-state index is -0.0378. The van der Waals surface area contributed by atoms with Crippen LogP contribution in [0, 0.1) is 0 Å². The van der Waals surface area contributed by atoms with Gasteiger partial charge in [-0.25, -0.2) is 4.98 Å². The Bertz CT molecular complexity index is 267. The van der Waals surface area contributed by atoms with Gasteiger partial charge in [-0.15, -0.1) is 0 Å². The molecular weight excluding hydrogens is 176 g/mol. The molecule has 3 N–H and O–H groups in total. The number of aryl methyl sites for hydroxylation is 1. The number of aromatic amines is 1.